The molecule has 0 aliphatic carbocycles. The van der Waals surface area contributed by atoms with Crippen LogP contribution in [0.1, 0.15) is 55.0 Å². The summed E-state index contributed by atoms with van der Waals surface area (Å²) >= 11 is 0. The third-order valence-electron chi connectivity index (χ3n) is 4.13. The summed E-state index contributed by atoms with van der Waals surface area (Å²) in [5.41, 5.74) is 2.91. The van der Waals surface area contributed by atoms with Crippen LogP contribution in [0.3, 0.4) is 0 Å². The van der Waals surface area contributed by atoms with Crippen molar-refractivity contribution in [3.63, 3.8) is 0 Å². The highest BCUT2D eigenvalue weighted by atomic mass is 16.5. The summed E-state index contributed by atoms with van der Waals surface area (Å²) in [6.45, 7) is 7.69. The second-order valence-electron chi connectivity index (χ2n) is 5.85. The van der Waals surface area contributed by atoms with E-state index < -0.39 is 0 Å². The number of hydrogen-bond acceptors (Lipinski definition) is 3. The molecule has 0 N–H and O–H groups in total. The Balaban J connectivity index is 2.00. The number of aromatic nitrogens is 1. The number of carbonyl (C=O) groups is 1. The number of esters is 1. The minimum atomic E-state index is -0.255. The molecule has 0 fully saturated rings. The Kier molecular flexibility index (Phi) is 7.07. The molecule has 0 aliphatic rings. The third-order valence-corrected chi connectivity index (χ3v) is 4.13. The molecular formula is C20H27NO3. The van der Waals surface area contributed by atoms with Gasteiger partial charge in [-0.25, -0.2) is 4.79 Å². The minimum absolute atomic E-state index is 0.253. The van der Waals surface area contributed by atoms with Crippen molar-refractivity contribution in [2.75, 3.05) is 13.2 Å². The lowest BCUT2D eigenvalue weighted by Gasteiger charge is -2.19. The first-order valence-electron chi connectivity index (χ1n) is 8.66. The molecule has 0 bridgehead atoms. The van der Waals surface area contributed by atoms with Crippen LogP contribution in [0, 0.1) is 0 Å². The van der Waals surface area contributed by atoms with Crippen LogP contribution >= 0.6 is 0 Å². The molecule has 4 heteroatoms. The van der Waals surface area contributed by atoms with Gasteiger partial charge in [-0.15, -0.1) is 0 Å². The van der Waals surface area contributed by atoms with Gasteiger partial charge in [0, 0.05) is 18.2 Å². The van der Waals surface area contributed by atoms with E-state index in [4.69, 9.17) is 9.47 Å². The molecule has 0 amide bonds. The summed E-state index contributed by atoms with van der Waals surface area (Å²) in [5, 5.41) is 0. The molecule has 1 unspecified atom stereocenters. The Morgan fingerprint density at radius 1 is 1.12 bits per heavy atom. The Bertz CT molecular complexity index is 634. The van der Waals surface area contributed by atoms with Crippen molar-refractivity contribution in [3.8, 4) is 0 Å². The average Bonchev–Trinajstić information content (AvgIpc) is 3.03. The molecule has 0 saturated heterocycles. The van der Waals surface area contributed by atoms with Gasteiger partial charge in [0.2, 0.25) is 0 Å². The summed E-state index contributed by atoms with van der Waals surface area (Å²) in [6, 6.07) is 14.3. The molecule has 24 heavy (non-hydrogen) atoms. The molecule has 0 saturated carbocycles. The van der Waals surface area contributed by atoms with E-state index in [1.807, 2.05) is 37.3 Å². The minimum Gasteiger partial charge on any atom is -0.461 e. The molecule has 1 aromatic heterocycles. The van der Waals surface area contributed by atoms with Crippen molar-refractivity contribution in [3.05, 3.63) is 59.4 Å². The smallest absolute Gasteiger partial charge is 0.354 e. The van der Waals surface area contributed by atoms with Gasteiger partial charge >= 0.3 is 5.97 Å². The number of benzene rings is 1. The lowest BCUT2D eigenvalue weighted by molar-refractivity contribution is 0.0510. The lowest BCUT2D eigenvalue weighted by Crippen LogP contribution is -2.17. The van der Waals surface area contributed by atoms with Crippen LogP contribution in [-0.4, -0.2) is 23.8 Å². The number of hydrogen-bond donors (Lipinski definition) is 0. The summed E-state index contributed by atoms with van der Waals surface area (Å²) in [6.07, 6.45) is 1.73. The van der Waals surface area contributed by atoms with Crippen molar-refractivity contribution in [1.29, 1.82) is 0 Å². The maximum absolute atomic E-state index is 12.1. The Labute approximate surface area is 144 Å². The van der Waals surface area contributed by atoms with Crippen LogP contribution in [0.5, 0.6) is 0 Å². The molecule has 2 rings (SSSR count). The van der Waals surface area contributed by atoms with Crippen molar-refractivity contribution in [1.82, 2.24) is 4.57 Å². The van der Waals surface area contributed by atoms with Crippen LogP contribution in [0.25, 0.3) is 0 Å². The fraction of sp³-hybridized carbons (Fsp3) is 0.450. The van der Waals surface area contributed by atoms with Gasteiger partial charge in [-0.05, 0) is 38.0 Å². The molecule has 0 radical (unpaired) electrons. The first-order valence-corrected chi connectivity index (χ1v) is 8.66. The van der Waals surface area contributed by atoms with Gasteiger partial charge in [-0.3, -0.25) is 0 Å². The summed E-state index contributed by atoms with van der Waals surface area (Å²) in [5.74, 6) is -0.255. The van der Waals surface area contributed by atoms with Gasteiger partial charge in [-0.1, -0.05) is 37.3 Å². The molecule has 1 aromatic carbocycles. The maximum Gasteiger partial charge on any atom is 0.354 e. The Hall–Kier alpha value is -2.07. The molecule has 1 heterocycles. The third kappa shape index (κ3) is 4.71. The predicted molar refractivity (Wildman–Crippen MR) is 95.2 cm³/mol. The molecule has 0 aliphatic heterocycles. The highest BCUT2D eigenvalue weighted by Gasteiger charge is 2.19. The molecule has 0 spiro atoms. The van der Waals surface area contributed by atoms with Crippen LogP contribution in [-0.2, 0) is 22.5 Å². The van der Waals surface area contributed by atoms with Gasteiger partial charge in [0.1, 0.15) is 5.69 Å². The van der Waals surface area contributed by atoms with Gasteiger partial charge < -0.3 is 14.0 Å². The van der Waals surface area contributed by atoms with Crippen molar-refractivity contribution < 1.29 is 14.3 Å². The van der Waals surface area contributed by atoms with E-state index in [1.54, 1.807) is 0 Å². The number of ether oxygens (including phenoxy) is 2. The Morgan fingerprint density at radius 3 is 2.54 bits per heavy atom. The SMILES string of the molecule is CCOC(=O)c1ccc(CCOCc2ccccc2)n1C(C)CC. The van der Waals surface area contributed by atoms with Crippen LogP contribution in [0.2, 0.25) is 0 Å². The van der Waals surface area contributed by atoms with Gasteiger partial charge in [0.15, 0.2) is 0 Å². The normalized spacial score (nSPS) is 12.1. The van der Waals surface area contributed by atoms with Gasteiger partial charge in [0.05, 0.1) is 19.8 Å². The molecule has 1 atom stereocenters. The fourth-order valence-electron chi connectivity index (χ4n) is 2.71. The topological polar surface area (TPSA) is 40.5 Å². The number of nitrogens with zero attached hydrogens (tertiary/aromatic N) is 1. The van der Waals surface area contributed by atoms with Crippen molar-refractivity contribution >= 4 is 5.97 Å². The highest BCUT2D eigenvalue weighted by molar-refractivity contribution is 5.88. The second-order valence-corrected chi connectivity index (χ2v) is 5.85. The zero-order valence-electron chi connectivity index (χ0n) is 14.8. The van der Waals surface area contributed by atoms with E-state index in [9.17, 15) is 4.79 Å². The largest absolute Gasteiger partial charge is 0.461 e. The number of carbonyl (C=O) groups excluding carboxylic acids is 1. The fourth-order valence-corrected chi connectivity index (χ4v) is 2.71. The Morgan fingerprint density at radius 2 is 1.88 bits per heavy atom. The molecule has 4 nitrogen and oxygen atoms in total. The predicted octanol–water partition coefficient (Wildman–Crippen LogP) is 4.40. The molecule has 2 aromatic rings. The zero-order valence-corrected chi connectivity index (χ0v) is 14.8. The van der Waals surface area contributed by atoms with E-state index in [0.717, 1.165) is 18.5 Å². The van der Waals surface area contributed by atoms with E-state index in [-0.39, 0.29) is 12.0 Å². The standard InChI is InChI=1S/C20H27NO3/c1-4-16(3)21-18(11-12-19(21)20(22)24-5-2)13-14-23-15-17-9-7-6-8-10-17/h6-12,16H,4-5,13-15H2,1-3H3. The van der Waals surface area contributed by atoms with Crippen LogP contribution in [0.4, 0.5) is 0 Å². The van der Waals surface area contributed by atoms with E-state index in [1.165, 1.54) is 5.56 Å². The summed E-state index contributed by atoms with van der Waals surface area (Å²) in [4.78, 5) is 12.1. The van der Waals surface area contributed by atoms with Crippen molar-refractivity contribution in [2.45, 2.75) is 46.3 Å². The van der Waals surface area contributed by atoms with Gasteiger partial charge in [0.25, 0.3) is 0 Å². The van der Waals surface area contributed by atoms with Crippen LogP contribution < -0.4 is 0 Å². The first-order chi connectivity index (χ1) is 11.7. The summed E-state index contributed by atoms with van der Waals surface area (Å²) < 4.78 is 13.0. The second kappa shape index (κ2) is 9.28. The van der Waals surface area contributed by atoms with Crippen LogP contribution in [0.15, 0.2) is 42.5 Å². The monoisotopic (exact) mass is 329 g/mol. The van der Waals surface area contributed by atoms with E-state index in [2.05, 4.69) is 30.5 Å². The van der Waals surface area contributed by atoms with E-state index in [0.29, 0.717) is 25.5 Å². The number of rotatable bonds is 9. The first kappa shape index (κ1) is 18.3. The summed E-state index contributed by atoms with van der Waals surface area (Å²) in [7, 11) is 0. The van der Waals surface area contributed by atoms with Crippen molar-refractivity contribution in [2.24, 2.45) is 0 Å². The highest BCUT2D eigenvalue weighted by Crippen LogP contribution is 2.21. The maximum atomic E-state index is 12.1. The molecule has 130 valence electrons. The van der Waals surface area contributed by atoms with Gasteiger partial charge in [-0.2, -0.15) is 0 Å². The zero-order chi connectivity index (χ0) is 17.4. The molecular weight excluding hydrogens is 302 g/mol. The van der Waals surface area contributed by atoms with E-state index >= 15 is 0 Å². The lowest BCUT2D eigenvalue weighted by atomic mass is 10.2. The average molecular weight is 329 g/mol. The quantitative estimate of drug-likeness (QED) is 0.506.